The maximum Gasteiger partial charge on any atom is 0.199 e. The number of rotatable bonds is 3. The zero-order valence-corrected chi connectivity index (χ0v) is 12.5. The zero-order chi connectivity index (χ0) is 15.0. The summed E-state index contributed by atoms with van der Waals surface area (Å²) >= 11 is 5.95. The van der Waals surface area contributed by atoms with Gasteiger partial charge in [-0.25, -0.2) is 0 Å². The average molecular weight is 300 g/mol. The molecule has 0 saturated carbocycles. The SMILES string of the molecule is COc1cc(Cl)ccc1C(=O)c1c(C)[nH]c2ccccc12. The Morgan fingerprint density at radius 1 is 1.19 bits per heavy atom. The lowest BCUT2D eigenvalue weighted by Gasteiger charge is -2.08. The number of para-hydroxylation sites is 1. The normalized spacial score (nSPS) is 10.8. The maximum atomic E-state index is 12.9. The summed E-state index contributed by atoms with van der Waals surface area (Å²) in [6.45, 7) is 1.90. The van der Waals surface area contributed by atoms with E-state index in [0.29, 0.717) is 21.9 Å². The first-order valence-corrected chi connectivity index (χ1v) is 6.95. The van der Waals surface area contributed by atoms with Crippen LogP contribution >= 0.6 is 11.6 Å². The highest BCUT2D eigenvalue weighted by Crippen LogP contribution is 2.29. The van der Waals surface area contributed by atoms with E-state index in [1.807, 2.05) is 31.2 Å². The third-order valence-electron chi connectivity index (χ3n) is 3.53. The van der Waals surface area contributed by atoms with Crippen LogP contribution in [0.4, 0.5) is 0 Å². The molecule has 1 heterocycles. The van der Waals surface area contributed by atoms with Crippen LogP contribution in [0.5, 0.6) is 5.75 Å². The molecule has 3 nitrogen and oxygen atoms in total. The molecule has 0 aliphatic heterocycles. The molecule has 2 aromatic carbocycles. The van der Waals surface area contributed by atoms with Crippen molar-refractivity contribution in [1.29, 1.82) is 0 Å². The Kier molecular flexibility index (Phi) is 3.43. The number of hydrogen-bond acceptors (Lipinski definition) is 2. The number of methoxy groups -OCH3 is 1. The molecule has 106 valence electrons. The van der Waals surface area contributed by atoms with Crippen LogP contribution in [0.2, 0.25) is 5.02 Å². The Bertz CT molecular complexity index is 836. The monoisotopic (exact) mass is 299 g/mol. The number of aromatic nitrogens is 1. The van der Waals surface area contributed by atoms with E-state index in [9.17, 15) is 4.79 Å². The molecule has 0 saturated heterocycles. The van der Waals surface area contributed by atoms with Crippen molar-refractivity contribution in [3.8, 4) is 5.75 Å². The number of benzene rings is 2. The number of hydrogen-bond donors (Lipinski definition) is 1. The average Bonchev–Trinajstić information content (AvgIpc) is 2.82. The molecule has 0 atom stereocenters. The molecular formula is C17H14ClNO2. The summed E-state index contributed by atoms with van der Waals surface area (Å²) in [6, 6.07) is 12.8. The highest BCUT2D eigenvalue weighted by molar-refractivity contribution is 6.31. The highest BCUT2D eigenvalue weighted by atomic mass is 35.5. The van der Waals surface area contributed by atoms with E-state index in [1.54, 1.807) is 18.2 Å². The summed E-state index contributed by atoms with van der Waals surface area (Å²) in [7, 11) is 1.53. The lowest BCUT2D eigenvalue weighted by Crippen LogP contribution is -2.05. The second kappa shape index (κ2) is 5.26. The van der Waals surface area contributed by atoms with Crippen LogP contribution in [0.15, 0.2) is 42.5 Å². The fourth-order valence-electron chi connectivity index (χ4n) is 2.56. The quantitative estimate of drug-likeness (QED) is 0.730. The first-order chi connectivity index (χ1) is 10.1. The van der Waals surface area contributed by atoms with Crippen LogP contribution in [-0.2, 0) is 0 Å². The fourth-order valence-corrected chi connectivity index (χ4v) is 2.72. The molecule has 0 aliphatic carbocycles. The van der Waals surface area contributed by atoms with Crippen molar-refractivity contribution in [3.63, 3.8) is 0 Å². The third-order valence-corrected chi connectivity index (χ3v) is 3.76. The Morgan fingerprint density at radius 3 is 2.71 bits per heavy atom. The summed E-state index contributed by atoms with van der Waals surface area (Å²) in [5, 5.41) is 1.45. The van der Waals surface area contributed by atoms with Gasteiger partial charge in [-0.2, -0.15) is 0 Å². The molecule has 3 rings (SSSR count). The molecule has 0 bridgehead atoms. The fraction of sp³-hybridized carbons (Fsp3) is 0.118. The van der Waals surface area contributed by atoms with Crippen LogP contribution in [-0.4, -0.2) is 17.9 Å². The van der Waals surface area contributed by atoms with Gasteiger partial charge in [0.2, 0.25) is 0 Å². The second-order valence-corrected chi connectivity index (χ2v) is 5.28. The standard InChI is InChI=1S/C17H14ClNO2/c1-10-16(12-5-3-4-6-14(12)19-10)17(20)13-8-7-11(18)9-15(13)21-2/h3-9,19H,1-2H3. The van der Waals surface area contributed by atoms with E-state index in [0.717, 1.165) is 16.6 Å². The molecule has 0 spiro atoms. The van der Waals surface area contributed by atoms with Crippen LogP contribution in [0.3, 0.4) is 0 Å². The molecule has 1 N–H and O–H groups in total. The third kappa shape index (κ3) is 2.30. The summed E-state index contributed by atoms with van der Waals surface area (Å²) < 4.78 is 5.28. The molecule has 4 heteroatoms. The highest BCUT2D eigenvalue weighted by Gasteiger charge is 2.20. The largest absolute Gasteiger partial charge is 0.496 e. The molecule has 0 radical (unpaired) electrons. The number of halogens is 1. The summed E-state index contributed by atoms with van der Waals surface area (Å²) in [5.74, 6) is 0.413. The van der Waals surface area contributed by atoms with Gasteiger partial charge in [0, 0.05) is 21.6 Å². The molecule has 0 aliphatic rings. The molecule has 0 unspecified atom stereocenters. The number of aryl methyl sites for hydroxylation is 1. The van der Waals surface area contributed by atoms with Gasteiger partial charge < -0.3 is 9.72 Å². The van der Waals surface area contributed by atoms with Gasteiger partial charge in [-0.1, -0.05) is 29.8 Å². The van der Waals surface area contributed by atoms with E-state index in [-0.39, 0.29) is 5.78 Å². The topological polar surface area (TPSA) is 42.1 Å². The lowest BCUT2D eigenvalue weighted by atomic mass is 10.00. The maximum absolute atomic E-state index is 12.9. The Hall–Kier alpha value is -2.26. The zero-order valence-electron chi connectivity index (χ0n) is 11.7. The van der Waals surface area contributed by atoms with E-state index in [1.165, 1.54) is 7.11 Å². The van der Waals surface area contributed by atoms with Crippen LogP contribution in [0.1, 0.15) is 21.6 Å². The molecular weight excluding hydrogens is 286 g/mol. The van der Waals surface area contributed by atoms with Gasteiger partial charge in [0.1, 0.15) is 5.75 Å². The molecule has 0 amide bonds. The second-order valence-electron chi connectivity index (χ2n) is 4.84. The Morgan fingerprint density at radius 2 is 1.95 bits per heavy atom. The Balaban J connectivity index is 2.19. The van der Waals surface area contributed by atoms with Crippen LogP contribution in [0.25, 0.3) is 10.9 Å². The minimum atomic E-state index is -0.0709. The summed E-state index contributed by atoms with van der Waals surface area (Å²) in [6.07, 6.45) is 0. The van der Waals surface area contributed by atoms with Crippen molar-refractivity contribution in [3.05, 3.63) is 64.3 Å². The van der Waals surface area contributed by atoms with Crippen LogP contribution in [0, 0.1) is 6.92 Å². The van der Waals surface area contributed by atoms with Gasteiger partial charge >= 0.3 is 0 Å². The number of aromatic amines is 1. The minimum Gasteiger partial charge on any atom is -0.496 e. The van der Waals surface area contributed by atoms with Gasteiger partial charge in [0.25, 0.3) is 0 Å². The van der Waals surface area contributed by atoms with E-state index in [2.05, 4.69) is 4.98 Å². The predicted octanol–water partition coefficient (Wildman–Crippen LogP) is 4.37. The van der Waals surface area contributed by atoms with Gasteiger partial charge in [0.05, 0.1) is 18.2 Å². The van der Waals surface area contributed by atoms with E-state index in [4.69, 9.17) is 16.3 Å². The van der Waals surface area contributed by atoms with E-state index >= 15 is 0 Å². The van der Waals surface area contributed by atoms with Gasteiger partial charge in [-0.3, -0.25) is 4.79 Å². The first-order valence-electron chi connectivity index (χ1n) is 6.57. The lowest BCUT2D eigenvalue weighted by molar-refractivity contribution is 0.103. The van der Waals surface area contributed by atoms with Crippen molar-refractivity contribution in [2.75, 3.05) is 7.11 Å². The van der Waals surface area contributed by atoms with Crippen molar-refractivity contribution in [2.45, 2.75) is 6.92 Å². The van der Waals surface area contributed by atoms with Crippen molar-refractivity contribution in [2.24, 2.45) is 0 Å². The van der Waals surface area contributed by atoms with E-state index < -0.39 is 0 Å². The summed E-state index contributed by atoms with van der Waals surface area (Å²) in [5.41, 5.74) is 2.98. The number of nitrogens with one attached hydrogen (secondary N) is 1. The smallest absolute Gasteiger partial charge is 0.199 e. The molecule has 3 aromatic rings. The van der Waals surface area contributed by atoms with Crippen molar-refractivity contribution in [1.82, 2.24) is 4.98 Å². The van der Waals surface area contributed by atoms with Crippen molar-refractivity contribution >= 4 is 28.3 Å². The van der Waals surface area contributed by atoms with Gasteiger partial charge in [-0.15, -0.1) is 0 Å². The molecule has 0 fully saturated rings. The van der Waals surface area contributed by atoms with Crippen LogP contribution < -0.4 is 4.74 Å². The molecule has 1 aromatic heterocycles. The molecule has 21 heavy (non-hydrogen) atoms. The number of ketones is 1. The van der Waals surface area contributed by atoms with Crippen molar-refractivity contribution < 1.29 is 9.53 Å². The minimum absolute atomic E-state index is 0.0709. The number of H-pyrrole nitrogens is 1. The predicted molar refractivity (Wildman–Crippen MR) is 84.5 cm³/mol. The number of carbonyl (C=O) groups is 1. The number of ether oxygens (including phenoxy) is 1. The van der Waals surface area contributed by atoms with Gasteiger partial charge in [-0.05, 0) is 31.2 Å². The summed E-state index contributed by atoms with van der Waals surface area (Å²) in [4.78, 5) is 16.1. The number of fused-ring (bicyclic) bond motifs is 1. The first kappa shape index (κ1) is 13.7. The number of carbonyl (C=O) groups excluding carboxylic acids is 1. The Labute approximate surface area is 127 Å². The van der Waals surface area contributed by atoms with Gasteiger partial charge in [0.15, 0.2) is 5.78 Å².